The van der Waals surface area contributed by atoms with E-state index in [4.69, 9.17) is 5.73 Å². The molecule has 0 fully saturated rings. The highest BCUT2D eigenvalue weighted by Crippen LogP contribution is 2.30. The van der Waals surface area contributed by atoms with Gasteiger partial charge in [0.2, 0.25) is 6.41 Å². The Kier molecular flexibility index (Phi) is 9.27. The number of carbonyl (C=O) groups is 1. The molecule has 2 aromatic carbocycles. The van der Waals surface area contributed by atoms with E-state index in [2.05, 4.69) is 54.2 Å². The van der Waals surface area contributed by atoms with Gasteiger partial charge in [-0.15, -0.1) is 0 Å². The number of aryl methyl sites for hydroxylation is 1. The summed E-state index contributed by atoms with van der Waals surface area (Å²) >= 11 is 0. The van der Waals surface area contributed by atoms with Gasteiger partial charge in [-0.1, -0.05) is 12.1 Å². The molecule has 0 aliphatic carbocycles. The van der Waals surface area contributed by atoms with Gasteiger partial charge in [0.05, 0.1) is 11.3 Å². The molecule has 0 aliphatic rings. The maximum Gasteiger partial charge on any atom is 0.416 e. The minimum atomic E-state index is -4.34. The molecular weight excluding hydrogens is 429 g/mol. The van der Waals surface area contributed by atoms with Crippen molar-refractivity contribution in [3.63, 3.8) is 0 Å². The topological polar surface area (TPSA) is 71.2 Å². The molecule has 0 spiro atoms. The van der Waals surface area contributed by atoms with Gasteiger partial charge in [0.15, 0.2) is 0 Å². The lowest BCUT2D eigenvalue weighted by molar-refractivity contribution is -0.137. The SMILES string of the molecule is CCN(CC)c1ccc(N)c(-c2cc(C)ccn2)c1.O=CNCc1cccc(C(F)(F)F)c1. The van der Waals surface area contributed by atoms with Crippen LogP contribution >= 0.6 is 0 Å². The highest BCUT2D eigenvalue weighted by molar-refractivity contribution is 5.78. The molecule has 33 heavy (non-hydrogen) atoms. The number of alkyl halides is 3. The summed E-state index contributed by atoms with van der Waals surface area (Å²) in [5.74, 6) is 0. The monoisotopic (exact) mass is 458 g/mol. The van der Waals surface area contributed by atoms with Crippen LogP contribution in [0, 0.1) is 6.92 Å². The van der Waals surface area contributed by atoms with Crippen molar-refractivity contribution in [2.24, 2.45) is 0 Å². The predicted octanol–water partition coefficient (Wildman–Crippen LogP) is 5.44. The standard InChI is InChI=1S/C16H21N3.C9H8F3NO/c1-4-19(5-2)13-6-7-15(17)14(11-13)16-10-12(3)8-9-18-16;10-9(11,12)8-3-1-2-7(4-8)5-13-6-14/h6-11H,4-5,17H2,1-3H3;1-4,6H,5H2,(H,13,14). The van der Waals surface area contributed by atoms with Crippen LogP contribution in [0.5, 0.6) is 0 Å². The van der Waals surface area contributed by atoms with Gasteiger partial charge in [-0.25, -0.2) is 0 Å². The Morgan fingerprint density at radius 1 is 1.06 bits per heavy atom. The van der Waals surface area contributed by atoms with Crippen LogP contribution in [-0.4, -0.2) is 24.5 Å². The number of hydrogen-bond donors (Lipinski definition) is 2. The number of hydrogen-bond acceptors (Lipinski definition) is 4. The third kappa shape index (κ3) is 7.52. The lowest BCUT2D eigenvalue weighted by atomic mass is 10.1. The molecule has 176 valence electrons. The molecule has 0 saturated carbocycles. The molecule has 0 bridgehead atoms. The zero-order valence-corrected chi connectivity index (χ0v) is 19.0. The second-order valence-electron chi connectivity index (χ2n) is 7.36. The van der Waals surface area contributed by atoms with Gasteiger partial charge < -0.3 is 16.0 Å². The van der Waals surface area contributed by atoms with Gasteiger partial charge >= 0.3 is 6.18 Å². The Balaban J connectivity index is 0.000000245. The number of nitrogen functional groups attached to an aromatic ring is 1. The number of nitrogens with zero attached hydrogens (tertiary/aromatic N) is 2. The van der Waals surface area contributed by atoms with Crippen molar-refractivity contribution in [1.82, 2.24) is 10.3 Å². The first-order chi connectivity index (χ1) is 15.7. The fraction of sp³-hybridized carbons (Fsp3) is 0.280. The molecule has 3 rings (SSSR count). The van der Waals surface area contributed by atoms with E-state index in [-0.39, 0.29) is 6.54 Å². The highest BCUT2D eigenvalue weighted by Gasteiger charge is 2.30. The molecule has 0 aliphatic heterocycles. The number of aromatic nitrogens is 1. The van der Waals surface area contributed by atoms with Crippen LogP contribution < -0.4 is 16.0 Å². The normalized spacial score (nSPS) is 10.7. The molecule has 5 nitrogen and oxygen atoms in total. The zero-order chi connectivity index (χ0) is 24.4. The van der Waals surface area contributed by atoms with Crippen molar-refractivity contribution in [2.45, 2.75) is 33.5 Å². The average molecular weight is 459 g/mol. The first-order valence-electron chi connectivity index (χ1n) is 10.6. The molecule has 8 heteroatoms. The molecule has 0 atom stereocenters. The minimum absolute atomic E-state index is 0.105. The molecular formula is C25H29F3N4O. The summed E-state index contributed by atoms with van der Waals surface area (Å²) in [5, 5.41) is 2.30. The second-order valence-corrected chi connectivity index (χ2v) is 7.36. The minimum Gasteiger partial charge on any atom is -0.398 e. The van der Waals surface area contributed by atoms with Crippen molar-refractivity contribution >= 4 is 17.8 Å². The van der Waals surface area contributed by atoms with E-state index >= 15 is 0 Å². The number of rotatable bonds is 7. The first-order valence-corrected chi connectivity index (χ1v) is 10.6. The van der Waals surface area contributed by atoms with E-state index in [1.165, 1.54) is 23.4 Å². The van der Waals surface area contributed by atoms with E-state index < -0.39 is 11.7 Å². The third-order valence-electron chi connectivity index (χ3n) is 5.00. The summed E-state index contributed by atoms with van der Waals surface area (Å²) in [4.78, 5) is 16.7. The number of nitrogens with two attached hydrogens (primary N) is 1. The van der Waals surface area contributed by atoms with Gasteiger partial charge in [-0.3, -0.25) is 9.78 Å². The smallest absolute Gasteiger partial charge is 0.398 e. The Hall–Kier alpha value is -3.55. The Labute approximate surface area is 192 Å². The average Bonchev–Trinajstić information content (AvgIpc) is 2.79. The van der Waals surface area contributed by atoms with Crippen LogP contribution in [0.2, 0.25) is 0 Å². The van der Waals surface area contributed by atoms with Crippen molar-refractivity contribution in [3.05, 3.63) is 77.5 Å². The lowest BCUT2D eigenvalue weighted by Gasteiger charge is -2.22. The molecule has 3 N–H and O–H groups in total. The zero-order valence-electron chi connectivity index (χ0n) is 19.0. The Morgan fingerprint density at radius 2 is 1.79 bits per heavy atom. The van der Waals surface area contributed by atoms with E-state index in [0.29, 0.717) is 12.0 Å². The van der Waals surface area contributed by atoms with Crippen LogP contribution in [0.15, 0.2) is 60.8 Å². The second kappa shape index (κ2) is 11.9. The van der Waals surface area contributed by atoms with Gasteiger partial charge in [-0.05, 0) is 74.4 Å². The largest absolute Gasteiger partial charge is 0.416 e. The summed E-state index contributed by atoms with van der Waals surface area (Å²) in [5.41, 5.74) is 10.9. The van der Waals surface area contributed by atoms with Crippen LogP contribution in [0.1, 0.15) is 30.5 Å². The van der Waals surface area contributed by atoms with E-state index in [9.17, 15) is 18.0 Å². The molecule has 1 heterocycles. The van der Waals surface area contributed by atoms with Crippen LogP contribution in [0.3, 0.4) is 0 Å². The number of halogens is 3. The quantitative estimate of drug-likeness (QED) is 0.366. The van der Waals surface area contributed by atoms with Crippen molar-refractivity contribution in [1.29, 1.82) is 0 Å². The lowest BCUT2D eigenvalue weighted by Crippen LogP contribution is -2.21. The molecule has 3 aromatic rings. The number of pyridine rings is 1. The van der Waals surface area contributed by atoms with Gasteiger partial charge in [0.25, 0.3) is 0 Å². The summed E-state index contributed by atoms with van der Waals surface area (Å²) in [7, 11) is 0. The molecule has 0 radical (unpaired) electrons. The van der Waals surface area contributed by atoms with E-state index in [1.807, 2.05) is 18.3 Å². The molecule has 1 aromatic heterocycles. The van der Waals surface area contributed by atoms with Crippen molar-refractivity contribution < 1.29 is 18.0 Å². The molecule has 1 amide bonds. The molecule has 0 saturated heterocycles. The van der Waals surface area contributed by atoms with E-state index in [0.717, 1.165) is 42.2 Å². The fourth-order valence-corrected chi connectivity index (χ4v) is 3.25. The van der Waals surface area contributed by atoms with Gasteiger partial charge in [-0.2, -0.15) is 13.2 Å². The summed E-state index contributed by atoms with van der Waals surface area (Å²) in [6, 6.07) is 15.1. The van der Waals surface area contributed by atoms with Crippen molar-refractivity contribution in [3.8, 4) is 11.3 Å². The maximum atomic E-state index is 12.2. The summed E-state index contributed by atoms with van der Waals surface area (Å²) in [6.45, 7) is 8.46. The highest BCUT2D eigenvalue weighted by atomic mass is 19.4. The third-order valence-corrected chi connectivity index (χ3v) is 5.00. The van der Waals surface area contributed by atoms with Gasteiger partial charge in [0, 0.05) is 42.8 Å². The van der Waals surface area contributed by atoms with Crippen molar-refractivity contribution in [2.75, 3.05) is 23.7 Å². The summed E-state index contributed by atoms with van der Waals surface area (Å²) in [6.07, 6.45) is -2.06. The maximum absolute atomic E-state index is 12.2. The fourth-order valence-electron chi connectivity index (χ4n) is 3.25. The predicted molar refractivity (Wildman–Crippen MR) is 127 cm³/mol. The number of carbonyl (C=O) groups excluding carboxylic acids is 1. The Bertz CT molecular complexity index is 1050. The van der Waals surface area contributed by atoms with Gasteiger partial charge in [0.1, 0.15) is 0 Å². The number of anilines is 2. The number of benzene rings is 2. The number of amides is 1. The van der Waals surface area contributed by atoms with Crippen LogP contribution in [0.4, 0.5) is 24.5 Å². The van der Waals surface area contributed by atoms with Crippen LogP contribution in [0.25, 0.3) is 11.3 Å². The summed E-state index contributed by atoms with van der Waals surface area (Å²) < 4.78 is 36.6. The first kappa shape index (κ1) is 25.7. The Morgan fingerprint density at radius 3 is 2.39 bits per heavy atom. The number of nitrogens with one attached hydrogen (secondary N) is 1. The van der Waals surface area contributed by atoms with Crippen LogP contribution in [-0.2, 0) is 17.5 Å². The molecule has 0 unspecified atom stereocenters. The van der Waals surface area contributed by atoms with E-state index in [1.54, 1.807) is 0 Å².